The van der Waals surface area contributed by atoms with Crippen LogP contribution in [0.15, 0.2) is 75.8 Å². The number of aromatic hydroxyl groups is 1. The highest BCUT2D eigenvalue weighted by atomic mass is 35.5. The summed E-state index contributed by atoms with van der Waals surface area (Å²) in [4.78, 5) is 13.0. The number of hydrogen-bond acceptors (Lipinski definition) is 7. The highest BCUT2D eigenvalue weighted by Crippen LogP contribution is 2.42. The smallest absolute Gasteiger partial charge is 0.294 e. The average molecular weight is 588 g/mol. The van der Waals surface area contributed by atoms with E-state index in [9.17, 15) is 22.9 Å². The standard InChI is InChI=1S/C27H23Cl2N3O6S/c1-3-17-23(39(35,36)37)12-10-20(29)24(17)31-32-25-18-8-6-5-7-15(18)13-19(26(25)33)27(34)30-21-11-9-16(28)14-22(21)38-4-2/h5-14,33H,3-4H2,1-2H3,(H,30,34)(H,35,36,37). The second kappa shape index (κ2) is 11.6. The van der Waals surface area contributed by atoms with E-state index >= 15 is 0 Å². The van der Waals surface area contributed by atoms with Crippen molar-refractivity contribution in [1.82, 2.24) is 0 Å². The van der Waals surface area contributed by atoms with E-state index in [1.165, 1.54) is 18.2 Å². The molecule has 0 aromatic heterocycles. The number of hydrogen-bond donors (Lipinski definition) is 3. The lowest BCUT2D eigenvalue weighted by molar-refractivity contribution is 0.102. The van der Waals surface area contributed by atoms with Gasteiger partial charge in [0, 0.05) is 22.0 Å². The first kappa shape index (κ1) is 28.3. The van der Waals surface area contributed by atoms with Crippen LogP contribution in [-0.4, -0.2) is 30.6 Å². The number of nitrogens with one attached hydrogen (secondary N) is 1. The molecule has 0 radical (unpaired) electrons. The molecule has 0 saturated heterocycles. The summed E-state index contributed by atoms with van der Waals surface area (Å²) in [7, 11) is -4.55. The zero-order chi connectivity index (χ0) is 28.3. The van der Waals surface area contributed by atoms with Crippen molar-refractivity contribution in [1.29, 1.82) is 0 Å². The topological polar surface area (TPSA) is 138 Å². The van der Waals surface area contributed by atoms with Crippen molar-refractivity contribution in [2.45, 2.75) is 25.2 Å². The Kier molecular flexibility index (Phi) is 8.41. The Morgan fingerprint density at radius 1 is 1.00 bits per heavy atom. The van der Waals surface area contributed by atoms with Gasteiger partial charge in [-0.3, -0.25) is 9.35 Å². The fraction of sp³-hybridized carbons (Fsp3) is 0.148. The number of halogens is 2. The molecular weight excluding hydrogens is 565 g/mol. The van der Waals surface area contributed by atoms with E-state index in [-0.39, 0.29) is 38.8 Å². The molecule has 0 bridgehead atoms. The summed E-state index contributed by atoms with van der Waals surface area (Å²) in [5.74, 6) is -0.736. The van der Waals surface area contributed by atoms with Gasteiger partial charge < -0.3 is 15.2 Å². The molecule has 1 amide bonds. The number of benzene rings is 4. The monoisotopic (exact) mass is 587 g/mol. The van der Waals surface area contributed by atoms with Gasteiger partial charge in [0.05, 0.1) is 27.8 Å². The summed E-state index contributed by atoms with van der Waals surface area (Å²) in [6.07, 6.45) is 0.169. The minimum absolute atomic E-state index is 0.00940. The van der Waals surface area contributed by atoms with Crippen molar-refractivity contribution in [3.05, 3.63) is 81.8 Å². The minimum atomic E-state index is -4.55. The van der Waals surface area contributed by atoms with Gasteiger partial charge in [-0.15, -0.1) is 10.2 Å². The van der Waals surface area contributed by atoms with E-state index in [1.807, 2.05) is 0 Å². The molecule has 0 heterocycles. The fourth-order valence-corrected chi connectivity index (χ4v) is 5.21. The molecule has 0 unspecified atom stereocenters. The van der Waals surface area contributed by atoms with Crippen LogP contribution in [0.3, 0.4) is 0 Å². The van der Waals surface area contributed by atoms with E-state index in [1.54, 1.807) is 56.3 Å². The van der Waals surface area contributed by atoms with Gasteiger partial charge in [0.2, 0.25) is 0 Å². The van der Waals surface area contributed by atoms with Gasteiger partial charge >= 0.3 is 0 Å². The maximum absolute atomic E-state index is 13.3. The number of amides is 1. The van der Waals surface area contributed by atoms with E-state index in [4.69, 9.17) is 27.9 Å². The molecule has 0 fully saturated rings. The van der Waals surface area contributed by atoms with Crippen LogP contribution in [0, 0.1) is 0 Å². The number of nitrogens with zero attached hydrogens (tertiary/aromatic N) is 2. The molecule has 12 heteroatoms. The van der Waals surface area contributed by atoms with Gasteiger partial charge in [-0.2, -0.15) is 8.42 Å². The number of carbonyl (C=O) groups excluding carboxylic acids is 1. The Hall–Kier alpha value is -3.70. The minimum Gasteiger partial charge on any atom is -0.505 e. The number of phenolic OH excluding ortho intramolecular Hbond substituents is 1. The first-order valence-corrected chi connectivity index (χ1v) is 13.9. The molecule has 0 aliphatic carbocycles. The Bertz CT molecular complexity index is 1720. The van der Waals surface area contributed by atoms with E-state index < -0.39 is 21.8 Å². The largest absolute Gasteiger partial charge is 0.505 e. The third-order valence-electron chi connectivity index (χ3n) is 5.80. The van der Waals surface area contributed by atoms with Crippen LogP contribution in [0.4, 0.5) is 17.1 Å². The highest BCUT2D eigenvalue weighted by Gasteiger charge is 2.22. The number of phenols is 1. The predicted molar refractivity (Wildman–Crippen MR) is 151 cm³/mol. The number of azo groups is 1. The molecule has 202 valence electrons. The van der Waals surface area contributed by atoms with Crippen LogP contribution >= 0.6 is 23.2 Å². The summed E-state index contributed by atoms with van der Waals surface area (Å²) in [5.41, 5.74) is 0.388. The van der Waals surface area contributed by atoms with Crippen molar-refractivity contribution in [3.63, 3.8) is 0 Å². The number of fused-ring (bicyclic) bond motifs is 1. The summed E-state index contributed by atoms with van der Waals surface area (Å²) in [6.45, 7) is 3.81. The normalized spacial score (nSPS) is 11.7. The predicted octanol–water partition coefficient (Wildman–Crippen LogP) is 7.73. The molecule has 4 aromatic rings. The summed E-state index contributed by atoms with van der Waals surface area (Å²) in [6, 6.07) is 15.6. The number of carbonyl (C=O) groups is 1. The van der Waals surface area contributed by atoms with Crippen molar-refractivity contribution in [2.75, 3.05) is 11.9 Å². The molecular formula is C27H23Cl2N3O6S. The molecule has 9 nitrogen and oxygen atoms in total. The molecule has 0 spiro atoms. The molecule has 4 rings (SSSR count). The second-order valence-electron chi connectivity index (χ2n) is 8.27. The lowest BCUT2D eigenvalue weighted by Gasteiger charge is -2.14. The Morgan fingerprint density at radius 2 is 1.72 bits per heavy atom. The molecule has 0 aliphatic heterocycles. The first-order chi connectivity index (χ1) is 18.5. The van der Waals surface area contributed by atoms with E-state index in [0.717, 1.165) is 0 Å². The van der Waals surface area contributed by atoms with Crippen LogP contribution in [0.2, 0.25) is 10.0 Å². The lowest BCUT2D eigenvalue weighted by Crippen LogP contribution is -2.13. The summed E-state index contributed by atoms with van der Waals surface area (Å²) in [5, 5.41) is 23.8. The number of anilines is 1. The van der Waals surface area contributed by atoms with Crippen molar-refractivity contribution >= 4 is 67.1 Å². The maximum Gasteiger partial charge on any atom is 0.294 e. The molecule has 4 aromatic carbocycles. The second-order valence-corrected chi connectivity index (χ2v) is 10.5. The zero-order valence-electron chi connectivity index (χ0n) is 20.8. The van der Waals surface area contributed by atoms with Gasteiger partial charge in [0.1, 0.15) is 17.1 Å². The van der Waals surface area contributed by atoms with Gasteiger partial charge in [0.15, 0.2) is 5.75 Å². The highest BCUT2D eigenvalue weighted by molar-refractivity contribution is 7.85. The average Bonchev–Trinajstić information content (AvgIpc) is 2.89. The van der Waals surface area contributed by atoms with Crippen LogP contribution in [0.5, 0.6) is 11.5 Å². The number of rotatable bonds is 8. The molecule has 39 heavy (non-hydrogen) atoms. The molecule has 0 atom stereocenters. The van der Waals surface area contributed by atoms with Crippen molar-refractivity contribution in [3.8, 4) is 11.5 Å². The third-order valence-corrected chi connectivity index (χ3v) is 7.28. The molecule has 0 aliphatic rings. The molecule has 0 saturated carbocycles. The maximum atomic E-state index is 13.3. The van der Waals surface area contributed by atoms with Crippen molar-refractivity contribution < 1.29 is 27.6 Å². The zero-order valence-corrected chi connectivity index (χ0v) is 23.1. The Labute approximate surface area is 234 Å². The SMILES string of the molecule is CCOc1cc(Cl)ccc1NC(=O)c1cc2ccccc2c(N=Nc2c(Cl)ccc(S(=O)(=O)O)c2CC)c1O. The van der Waals surface area contributed by atoms with E-state index in [2.05, 4.69) is 15.5 Å². The summed E-state index contributed by atoms with van der Waals surface area (Å²) < 4.78 is 38.9. The van der Waals surface area contributed by atoms with Crippen LogP contribution in [0.1, 0.15) is 29.8 Å². The summed E-state index contributed by atoms with van der Waals surface area (Å²) >= 11 is 12.4. The van der Waals surface area contributed by atoms with Gasteiger partial charge in [-0.05, 0) is 49.1 Å². The first-order valence-electron chi connectivity index (χ1n) is 11.7. The third kappa shape index (κ3) is 5.99. The Balaban J connectivity index is 1.84. The van der Waals surface area contributed by atoms with Gasteiger partial charge in [-0.1, -0.05) is 54.4 Å². The van der Waals surface area contributed by atoms with Gasteiger partial charge in [0.25, 0.3) is 16.0 Å². The fourth-order valence-electron chi connectivity index (χ4n) is 4.04. The van der Waals surface area contributed by atoms with Crippen LogP contribution < -0.4 is 10.1 Å². The van der Waals surface area contributed by atoms with Crippen LogP contribution in [-0.2, 0) is 16.5 Å². The lowest BCUT2D eigenvalue weighted by atomic mass is 10.0. The van der Waals surface area contributed by atoms with Gasteiger partial charge in [-0.25, -0.2) is 0 Å². The van der Waals surface area contributed by atoms with E-state index in [0.29, 0.717) is 33.8 Å². The van der Waals surface area contributed by atoms with Crippen molar-refractivity contribution in [2.24, 2.45) is 10.2 Å². The van der Waals surface area contributed by atoms with Crippen LogP contribution in [0.25, 0.3) is 10.8 Å². The molecule has 3 N–H and O–H groups in total. The quantitative estimate of drug-likeness (QED) is 0.142. The Morgan fingerprint density at radius 3 is 2.41 bits per heavy atom. The number of ether oxygens (including phenoxy) is 1.